The summed E-state index contributed by atoms with van der Waals surface area (Å²) in [5, 5.41) is 7.10. The molecule has 1 N–H and O–H groups in total. The minimum Gasteiger partial charge on any atom is -0.335 e. The van der Waals surface area contributed by atoms with Gasteiger partial charge in [-0.05, 0) is 36.8 Å². The van der Waals surface area contributed by atoms with Crippen LogP contribution in [0, 0.1) is 0 Å². The number of anilines is 1. The van der Waals surface area contributed by atoms with E-state index in [0.717, 1.165) is 5.56 Å². The lowest BCUT2D eigenvalue weighted by atomic mass is 10.1. The lowest BCUT2D eigenvalue weighted by molar-refractivity contribution is 0.102. The van der Waals surface area contributed by atoms with Gasteiger partial charge in [0.1, 0.15) is 17.5 Å². The number of nitrogens with zero attached hydrogens (tertiary/aromatic N) is 4. The van der Waals surface area contributed by atoms with Gasteiger partial charge < -0.3 is 10.2 Å². The zero-order valence-corrected chi connectivity index (χ0v) is 16.2. The smallest absolute Gasteiger partial charge is 0.267 e. The Balaban J connectivity index is 1.70. The van der Waals surface area contributed by atoms with E-state index in [1.807, 2.05) is 6.92 Å². The number of hydrogen-bond donors (Lipinski definition) is 1. The van der Waals surface area contributed by atoms with Gasteiger partial charge in [0.15, 0.2) is 0 Å². The first-order chi connectivity index (χ1) is 14.1. The molecule has 0 fully saturated rings. The van der Waals surface area contributed by atoms with Crippen LogP contribution in [0.25, 0.3) is 0 Å². The third-order valence-corrected chi connectivity index (χ3v) is 4.14. The number of rotatable bonds is 7. The Bertz CT molecular complexity index is 1030. The number of amides is 1. The number of nitrogens with one attached hydrogen (secondary N) is 1. The lowest BCUT2D eigenvalue weighted by Crippen LogP contribution is -2.14. The summed E-state index contributed by atoms with van der Waals surface area (Å²) < 4.78 is 12.7. The Kier molecular flexibility index (Phi) is 6.80. The summed E-state index contributed by atoms with van der Waals surface area (Å²) in [7, 11) is 0. The van der Waals surface area contributed by atoms with Gasteiger partial charge in [0, 0.05) is 35.9 Å². The van der Waals surface area contributed by atoms with Gasteiger partial charge in [0.25, 0.3) is 11.8 Å². The Hall–Kier alpha value is -3.39. The van der Waals surface area contributed by atoms with Crippen LogP contribution >= 0.6 is 11.6 Å². The van der Waals surface area contributed by atoms with E-state index in [0.29, 0.717) is 28.5 Å². The summed E-state index contributed by atoms with van der Waals surface area (Å²) in [6.07, 6.45) is 6.44. The summed E-state index contributed by atoms with van der Waals surface area (Å²) >= 11 is 6.00. The molecule has 0 atom stereocenters. The van der Waals surface area contributed by atoms with Crippen molar-refractivity contribution in [1.82, 2.24) is 15.0 Å². The van der Waals surface area contributed by atoms with Crippen molar-refractivity contribution in [3.8, 4) is 5.88 Å². The van der Waals surface area contributed by atoms with E-state index in [4.69, 9.17) is 16.4 Å². The normalized spacial score (nSPS) is 11.2. The first-order valence-electron chi connectivity index (χ1n) is 8.72. The molecule has 0 aliphatic rings. The van der Waals surface area contributed by atoms with E-state index in [1.165, 1.54) is 18.5 Å². The molecule has 3 aromatic rings. The van der Waals surface area contributed by atoms with Crippen molar-refractivity contribution in [2.45, 2.75) is 20.0 Å². The van der Waals surface area contributed by atoms with Crippen LogP contribution < -0.4 is 10.2 Å². The van der Waals surface area contributed by atoms with E-state index in [2.05, 4.69) is 25.4 Å². The zero-order valence-electron chi connectivity index (χ0n) is 15.5. The third-order valence-electron chi connectivity index (χ3n) is 3.85. The van der Waals surface area contributed by atoms with E-state index < -0.39 is 12.6 Å². The fourth-order valence-corrected chi connectivity index (χ4v) is 2.53. The maximum absolute atomic E-state index is 12.7. The van der Waals surface area contributed by atoms with Gasteiger partial charge in [-0.2, -0.15) is 0 Å². The summed E-state index contributed by atoms with van der Waals surface area (Å²) in [4.78, 5) is 29.7. The second kappa shape index (κ2) is 9.70. The molecule has 0 aliphatic heterocycles. The standard InChI is InChI=1S/C20H17ClFN5O2/c1-2-17(27-29-20-16(21)4-3-7-24-20)14-5-6-18(25-12-14)26-19(28)15-8-13(9-22)10-23-11-15/h3-8,10-12H,2,9H2,1H3,(H,25,26,28)/b27-17-. The number of oxime groups is 1. The molecular formula is C20H17ClFN5O2. The molecule has 0 aromatic carbocycles. The van der Waals surface area contributed by atoms with Crippen molar-refractivity contribution >= 4 is 29.0 Å². The molecule has 1 amide bonds. The monoisotopic (exact) mass is 413 g/mol. The Labute approximate surface area is 171 Å². The molecule has 0 aliphatic carbocycles. The maximum Gasteiger partial charge on any atom is 0.267 e. The number of carbonyl (C=O) groups excluding carboxylic acids is 1. The number of hydrogen-bond acceptors (Lipinski definition) is 6. The highest BCUT2D eigenvalue weighted by molar-refractivity contribution is 6.31. The molecule has 3 aromatic heterocycles. The second-order valence-electron chi connectivity index (χ2n) is 5.87. The topological polar surface area (TPSA) is 89.4 Å². The van der Waals surface area contributed by atoms with Crippen molar-refractivity contribution in [2.75, 3.05) is 5.32 Å². The fourth-order valence-electron chi connectivity index (χ4n) is 2.37. The van der Waals surface area contributed by atoms with Crippen molar-refractivity contribution in [3.63, 3.8) is 0 Å². The zero-order chi connectivity index (χ0) is 20.6. The van der Waals surface area contributed by atoms with Crippen LogP contribution in [0.5, 0.6) is 5.88 Å². The molecule has 0 radical (unpaired) electrons. The first kappa shape index (κ1) is 20.3. The van der Waals surface area contributed by atoms with Gasteiger partial charge >= 0.3 is 0 Å². The largest absolute Gasteiger partial charge is 0.335 e. The molecule has 0 saturated carbocycles. The van der Waals surface area contributed by atoms with Crippen LogP contribution in [0.3, 0.4) is 0 Å². The highest BCUT2D eigenvalue weighted by Crippen LogP contribution is 2.20. The molecule has 0 saturated heterocycles. The molecule has 29 heavy (non-hydrogen) atoms. The molecule has 0 bridgehead atoms. The summed E-state index contributed by atoms with van der Waals surface area (Å²) in [6, 6.07) is 8.19. The number of pyridine rings is 3. The molecular weight excluding hydrogens is 397 g/mol. The van der Waals surface area contributed by atoms with Crippen LogP contribution in [0.4, 0.5) is 10.2 Å². The quantitative estimate of drug-likeness (QED) is 0.457. The predicted molar refractivity (Wildman–Crippen MR) is 108 cm³/mol. The summed E-state index contributed by atoms with van der Waals surface area (Å²) in [6.45, 7) is 1.23. The van der Waals surface area contributed by atoms with Gasteiger partial charge in [-0.25, -0.2) is 14.4 Å². The van der Waals surface area contributed by atoms with Gasteiger partial charge in [-0.15, -0.1) is 0 Å². The van der Waals surface area contributed by atoms with Crippen LogP contribution in [0.1, 0.15) is 34.8 Å². The molecule has 3 rings (SSSR count). The lowest BCUT2D eigenvalue weighted by Gasteiger charge is -2.07. The van der Waals surface area contributed by atoms with Gasteiger partial charge in [0.2, 0.25) is 0 Å². The van der Waals surface area contributed by atoms with Gasteiger partial charge in [-0.3, -0.25) is 9.78 Å². The second-order valence-corrected chi connectivity index (χ2v) is 6.28. The predicted octanol–water partition coefficient (Wildman–Crippen LogP) is 4.44. The minimum absolute atomic E-state index is 0.209. The van der Waals surface area contributed by atoms with Gasteiger partial charge in [0.05, 0.1) is 11.3 Å². The number of carbonyl (C=O) groups is 1. The summed E-state index contributed by atoms with van der Waals surface area (Å²) in [5.41, 5.74) is 1.94. The van der Waals surface area contributed by atoms with Crippen LogP contribution in [-0.4, -0.2) is 26.6 Å². The Morgan fingerprint density at radius 1 is 1.21 bits per heavy atom. The first-order valence-corrected chi connectivity index (χ1v) is 9.10. The molecule has 0 unspecified atom stereocenters. The average molecular weight is 414 g/mol. The van der Waals surface area contributed by atoms with Gasteiger partial charge in [-0.1, -0.05) is 23.7 Å². The van der Waals surface area contributed by atoms with Crippen LogP contribution in [0.2, 0.25) is 5.02 Å². The number of halogens is 2. The average Bonchev–Trinajstić information content (AvgIpc) is 2.76. The van der Waals surface area contributed by atoms with Crippen molar-refractivity contribution in [3.05, 3.63) is 76.8 Å². The number of alkyl halides is 1. The molecule has 9 heteroatoms. The number of aromatic nitrogens is 3. The molecule has 0 spiro atoms. The molecule has 148 valence electrons. The fraction of sp³-hybridized carbons (Fsp3) is 0.150. The SMILES string of the molecule is CC/C(=N/Oc1ncccc1Cl)c1ccc(NC(=O)c2cncc(CF)c2)nc1. The van der Waals surface area contributed by atoms with E-state index >= 15 is 0 Å². The highest BCUT2D eigenvalue weighted by atomic mass is 35.5. The van der Waals surface area contributed by atoms with E-state index in [1.54, 1.807) is 36.7 Å². The third kappa shape index (κ3) is 5.32. The molecule has 3 heterocycles. The highest BCUT2D eigenvalue weighted by Gasteiger charge is 2.10. The Morgan fingerprint density at radius 2 is 2.07 bits per heavy atom. The summed E-state index contributed by atoms with van der Waals surface area (Å²) in [5.74, 6) is 0.125. The van der Waals surface area contributed by atoms with Crippen LogP contribution in [0.15, 0.2) is 60.3 Å². The van der Waals surface area contributed by atoms with Crippen LogP contribution in [-0.2, 0) is 6.67 Å². The van der Waals surface area contributed by atoms with Crippen molar-refractivity contribution < 1.29 is 14.0 Å². The van der Waals surface area contributed by atoms with Crippen molar-refractivity contribution in [2.24, 2.45) is 5.16 Å². The van der Waals surface area contributed by atoms with Crippen molar-refractivity contribution in [1.29, 1.82) is 0 Å². The molecule has 7 nitrogen and oxygen atoms in total. The van der Waals surface area contributed by atoms with E-state index in [-0.39, 0.29) is 11.4 Å². The maximum atomic E-state index is 12.7. The minimum atomic E-state index is -0.689. The Morgan fingerprint density at radius 3 is 2.76 bits per heavy atom. The van der Waals surface area contributed by atoms with E-state index in [9.17, 15) is 9.18 Å².